The second-order valence-corrected chi connectivity index (χ2v) is 8.91. The van der Waals surface area contributed by atoms with Crippen LogP contribution in [0, 0.1) is 12.3 Å². The molecule has 4 aromatic heterocycles. The van der Waals surface area contributed by atoms with E-state index in [1.165, 1.54) is 6.42 Å². The van der Waals surface area contributed by atoms with Gasteiger partial charge in [-0.1, -0.05) is 0 Å². The van der Waals surface area contributed by atoms with Crippen molar-refractivity contribution in [1.29, 1.82) is 0 Å². The van der Waals surface area contributed by atoms with E-state index in [-0.39, 0.29) is 0 Å². The Bertz CT molecular complexity index is 1230. The Kier molecular flexibility index (Phi) is 3.90. The highest BCUT2D eigenvalue weighted by atomic mass is 16.5. The molecule has 4 aromatic rings. The van der Waals surface area contributed by atoms with E-state index in [9.17, 15) is 0 Å². The molecule has 0 unspecified atom stereocenters. The van der Waals surface area contributed by atoms with Gasteiger partial charge < -0.3 is 14.0 Å². The quantitative estimate of drug-likeness (QED) is 0.511. The molecule has 1 atom stereocenters. The molecule has 2 saturated heterocycles. The van der Waals surface area contributed by atoms with Crippen molar-refractivity contribution in [3.63, 3.8) is 0 Å². The predicted molar refractivity (Wildman–Crippen MR) is 116 cm³/mol. The minimum Gasteiger partial charge on any atom is -0.378 e. The van der Waals surface area contributed by atoms with Crippen LogP contribution in [-0.2, 0) is 4.74 Å². The summed E-state index contributed by atoms with van der Waals surface area (Å²) in [4.78, 5) is 16.6. The zero-order valence-electron chi connectivity index (χ0n) is 17.5. The molecule has 2 aliphatic heterocycles. The molecule has 1 spiro atoms. The lowest BCUT2D eigenvalue weighted by Gasteiger charge is -2.39. The zero-order chi connectivity index (χ0) is 20.3. The summed E-state index contributed by atoms with van der Waals surface area (Å²) in [5.74, 6) is 0.993. The minimum atomic E-state index is 0.360. The number of fused-ring (bicyclic) bond motifs is 2. The van der Waals surface area contributed by atoms with Crippen LogP contribution in [-0.4, -0.2) is 49.6 Å². The molecule has 0 saturated carbocycles. The summed E-state index contributed by atoms with van der Waals surface area (Å²) in [5, 5.41) is 0. The van der Waals surface area contributed by atoms with Gasteiger partial charge in [-0.15, -0.1) is 0 Å². The fraction of sp³-hybridized carbons (Fsp3) is 0.435. The van der Waals surface area contributed by atoms with Crippen molar-refractivity contribution in [1.82, 2.24) is 23.8 Å². The Labute approximate surface area is 175 Å². The van der Waals surface area contributed by atoms with Crippen molar-refractivity contribution >= 4 is 17.2 Å². The first-order valence-electron chi connectivity index (χ1n) is 10.8. The van der Waals surface area contributed by atoms with Gasteiger partial charge in [0, 0.05) is 49.6 Å². The summed E-state index contributed by atoms with van der Waals surface area (Å²) in [5.41, 5.74) is 5.40. The van der Waals surface area contributed by atoms with Gasteiger partial charge >= 0.3 is 0 Å². The number of aryl methyl sites for hydroxylation is 1. The van der Waals surface area contributed by atoms with Gasteiger partial charge in [0.1, 0.15) is 11.3 Å². The molecule has 0 N–H and O–H groups in total. The van der Waals surface area contributed by atoms with Crippen LogP contribution in [0.3, 0.4) is 0 Å². The van der Waals surface area contributed by atoms with Crippen LogP contribution in [0.25, 0.3) is 22.4 Å². The molecule has 0 bridgehead atoms. The van der Waals surface area contributed by atoms with Gasteiger partial charge in [0.15, 0.2) is 0 Å². The predicted octanol–water partition coefficient (Wildman–Crippen LogP) is 3.75. The van der Waals surface area contributed by atoms with E-state index in [1.54, 1.807) is 0 Å². The second kappa shape index (κ2) is 6.54. The summed E-state index contributed by atoms with van der Waals surface area (Å²) in [6.07, 6.45) is 13.6. The van der Waals surface area contributed by atoms with Crippen molar-refractivity contribution in [2.75, 3.05) is 24.6 Å². The Morgan fingerprint density at radius 2 is 1.93 bits per heavy atom. The number of pyridine rings is 1. The Morgan fingerprint density at radius 1 is 1.10 bits per heavy atom. The third-order valence-electron chi connectivity index (χ3n) is 6.90. The van der Waals surface area contributed by atoms with E-state index in [0.29, 0.717) is 11.5 Å². The second-order valence-electron chi connectivity index (χ2n) is 8.91. The molecular weight excluding hydrogens is 376 g/mol. The first kappa shape index (κ1) is 17.9. The highest BCUT2D eigenvalue weighted by Gasteiger charge is 2.41. The first-order chi connectivity index (χ1) is 14.6. The van der Waals surface area contributed by atoms with Crippen LogP contribution >= 0.6 is 0 Å². The summed E-state index contributed by atoms with van der Waals surface area (Å²) in [6.45, 7) is 7.20. The van der Waals surface area contributed by atoms with Crippen LogP contribution < -0.4 is 4.90 Å². The van der Waals surface area contributed by atoms with Crippen molar-refractivity contribution in [3.05, 3.63) is 48.8 Å². The normalized spacial score (nSPS) is 21.3. The molecule has 7 nitrogen and oxygen atoms in total. The van der Waals surface area contributed by atoms with Gasteiger partial charge in [-0.2, -0.15) is 0 Å². The van der Waals surface area contributed by atoms with E-state index in [0.717, 1.165) is 66.6 Å². The number of anilines is 1. The van der Waals surface area contributed by atoms with Crippen molar-refractivity contribution in [2.45, 2.75) is 39.2 Å². The fourth-order valence-corrected chi connectivity index (χ4v) is 5.27. The number of hydrogen-bond acceptors (Lipinski definition) is 5. The van der Waals surface area contributed by atoms with Crippen molar-refractivity contribution < 1.29 is 4.74 Å². The molecule has 0 aromatic carbocycles. The van der Waals surface area contributed by atoms with E-state index in [2.05, 4.69) is 40.3 Å². The maximum Gasteiger partial charge on any atom is 0.211 e. The SMILES string of the molecule is Cc1nc(N2CCC3(CC2)CO[C@@H](C)C3)n2ccnc2c1-c1ccn2ccnc2c1. The van der Waals surface area contributed by atoms with Gasteiger partial charge in [-0.25, -0.2) is 15.0 Å². The standard InChI is InChI=1S/C23H26N6O/c1-16-14-23(15-30-16)4-9-28(10-5-23)22-26-17(2)20(21-25-7-12-29(21)22)18-3-8-27-11-6-24-19(27)13-18/h3,6-8,11-13,16H,4-5,9-10,14-15H2,1-2H3/t16-/m0/s1. The smallest absolute Gasteiger partial charge is 0.211 e. The monoisotopic (exact) mass is 402 g/mol. The average molecular weight is 403 g/mol. The van der Waals surface area contributed by atoms with Gasteiger partial charge in [0.05, 0.1) is 18.4 Å². The van der Waals surface area contributed by atoms with Crippen LogP contribution in [0.4, 0.5) is 5.95 Å². The molecule has 6 rings (SSSR count). The summed E-state index contributed by atoms with van der Waals surface area (Å²) in [7, 11) is 0. The maximum atomic E-state index is 5.90. The maximum absolute atomic E-state index is 5.90. The third-order valence-corrected chi connectivity index (χ3v) is 6.90. The largest absolute Gasteiger partial charge is 0.378 e. The Balaban J connectivity index is 1.38. The average Bonchev–Trinajstić information content (AvgIpc) is 3.48. The lowest BCUT2D eigenvalue weighted by atomic mass is 9.77. The van der Waals surface area contributed by atoms with Gasteiger partial charge in [-0.3, -0.25) is 4.40 Å². The third kappa shape index (κ3) is 2.72. The minimum absolute atomic E-state index is 0.360. The van der Waals surface area contributed by atoms with E-state index >= 15 is 0 Å². The molecule has 7 heteroatoms. The van der Waals surface area contributed by atoms with E-state index < -0.39 is 0 Å². The molecular formula is C23H26N6O. The number of imidazole rings is 2. The number of rotatable bonds is 2. The summed E-state index contributed by atoms with van der Waals surface area (Å²) < 4.78 is 10.1. The van der Waals surface area contributed by atoms with Gasteiger partial charge in [-0.05, 0) is 56.2 Å². The molecule has 0 amide bonds. The fourth-order valence-electron chi connectivity index (χ4n) is 5.27. The van der Waals surface area contributed by atoms with E-state index in [1.807, 2.05) is 35.4 Å². The van der Waals surface area contributed by atoms with Crippen LogP contribution in [0.2, 0.25) is 0 Å². The van der Waals surface area contributed by atoms with Crippen molar-refractivity contribution in [2.24, 2.45) is 5.41 Å². The number of nitrogens with zero attached hydrogens (tertiary/aromatic N) is 6. The Morgan fingerprint density at radius 3 is 2.73 bits per heavy atom. The lowest BCUT2D eigenvalue weighted by Crippen LogP contribution is -2.41. The van der Waals surface area contributed by atoms with Crippen LogP contribution in [0.5, 0.6) is 0 Å². The summed E-state index contributed by atoms with van der Waals surface area (Å²) in [6, 6.07) is 4.21. The molecule has 30 heavy (non-hydrogen) atoms. The molecule has 2 fully saturated rings. The number of piperidine rings is 1. The zero-order valence-corrected chi connectivity index (χ0v) is 17.5. The molecule has 154 valence electrons. The summed E-state index contributed by atoms with van der Waals surface area (Å²) >= 11 is 0. The molecule has 0 aliphatic carbocycles. The Hall–Kier alpha value is -2.93. The van der Waals surface area contributed by atoms with Gasteiger partial charge in [0.2, 0.25) is 5.95 Å². The molecule has 2 aliphatic rings. The number of hydrogen-bond donors (Lipinski definition) is 0. The van der Waals surface area contributed by atoms with Gasteiger partial charge in [0.25, 0.3) is 0 Å². The highest BCUT2D eigenvalue weighted by molar-refractivity contribution is 5.82. The van der Waals surface area contributed by atoms with Crippen LogP contribution in [0.1, 0.15) is 31.9 Å². The van der Waals surface area contributed by atoms with Crippen LogP contribution in [0.15, 0.2) is 43.1 Å². The highest BCUT2D eigenvalue weighted by Crippen LogP contribution is 2.42. The number of aromatic nitrogens is 5. The van der Waals surface area contributed by atoms with Crippen molar-refractivity contribution in [3.8, 4) is 11.1 Å². The lowest BCUT2D eigenvalue weighted by molar-refractivity contribution is 0.0975. The van der Waals surface area contributed by atoms with E-state index in [4.69, 9.17) is 14.7 Å². The molecule has 6 heterocycles. The molecule has 0 radical (unpaired) electrons. The topological polar surface area (TPSA) is 60.0 Å². The first-order valence-corrected chi connectivity index (χ1v) is 10.8. The number of ether oxygens (including phenoxy) is 1.